The van der Waals surface area contributed by atoms with Crippen LogP contribution in [0.25, 0.3) is 0 Å². The highest BCUT2D eigenvalue weighted by molar-refractivity contribution is 6.07. The molecule has 3 atom stereocenters. The molecule has 0 aromatic heterocycles. The number of guanidine groups is 1. The van der Waals surface area contributed by atoms with Crippen molar-refractivity contribution in [1.29, 1.82) is 0 Å². The summed E-state index contributed by atoms with van der Waals surface area (Å²) in [6, 6.07) is 0.170. The van der Waals surface area contributed by atoms with Gasteiger partial charge in [-0.3, -0.25) is 15.1 Å². The highest BCUT2D eigenvalue weighted by atomic mass is 16.2. The maximum Gasteiger partial charge on any atom is 0.322 e. The Morgan fingerprint density at radius 2 is 2.00 bits per heavy atom. The number of urea groups is 1. The first kappa shape index (κ1) is 15.1. The summed E-state index contributed by atoms with van der Waals surface area (Å²) in [6.45, 7) is 5.76. The highest BCUT2D eigenvalue weighted by Crippen LogP contribution is 2.32. The van der Waals surface area contributed by atoms with E-state index >= 15 is 0 Å². The SMILES string of the molecule is CN=C(NC1CC1C)N1CCC(C2(C)NC(=O)NC2=O)CC1. The molecular weight excluding hydrogens is 282 g/mol. The van der Waals surface area contributed by atoms with E-state index < -0.39 is 5.54 Å². The average Bonchev–Trinajstić information content (AvgIpc) is 3.12. The molecule has 7 nitrogen and oxygen atoms in total. The van der Waals surface area contributed by atoms with Crippen molar-refractivity contribution >= 4 is 17.9 Å². The molecule has 1 aliphatic carbocycles. The first-order valence-corrected chi connectivity index (χ1v) is 8.06. The van der Waals surface area contributed by atoms with Crippen molar-refractivity contribution in [2.24, 2.45) is 16.8 Å². The number of amides is 3. The molecule has 122 valence electrons. The van der Waals surface area contributed by atoms with E-state index in [1.165, 1.54) is 6.42 Å². The zero-order chi connectivity index (χ0) is 15.9. The fourth-order valence-corrected chi connectivity index (χ4v) is 3.50. The largest absolute Gasteiger partial charge is 0.353 e. The van der Waals surface area contributed by atoms with Crippen LogP contribution in [0.5, 0.6) is 0 Å². The Labute approximate surface area is 130 Å². The molecule has 3 rings (SSSR count). The van der Waals surface area contributed by atoms with Crippen LogP contribution in [0.15, 0.2) is 4.99 Å². The third kappa shape index (κ3) is 2.64. The van der Waals surface area contributed by atoms with Crippen molar-refractivity contribution in [2.45, 2.75) is 44.7 Å². The second-order valence-corrected chi connectivity index (χ2v) is 6.88. The second-order valence-electron chi connectivity index (χ2n) is 6.88. The van der Waals surface area contributed by atoms with Crippen LogP contribution in [0.1, 0.15) is 33.1 Å². The van der Waals surface area contributed by atoms with Crippen molar-refractivity contribution in [3.05, 3.63) is 0 Å². The molecule has 3 unspecified atom stereocenters. The number of hydrogen-bond donors (Lipinski definition) is 3. The molecule has 3 N–H and O–H groups in total. The Morgan fingerprint density at radius 3 is 2.45 bits per heavy atom. The summed E-state index contributed by atoms with van der Waals surface area (Å²) >= 11 is 0. The van der Waals surface area contributed by atoms with Crippen molar-refractivity contribution in [3.8, 4) is 0 Å². The molecule has 3 aliphatic rings. The Bertz CT molecular complexity index is 512. The Balaban J connectivity index is 1.58. The van der Waals surface area contributed by atoms with Gasteiger partial charge in [0.15, 0.2) is 5.96 Å². The number of imide groups is 1. The van der Waals surface area contributed by atoms with Crippen LogP contribution in [0.2, 0.25) is 0 Å². The van der Waals surface area contributed by atoms with E-state index in [1.54, 1.807) is 0 Å². The molecule has 3 amide bonds. The zero-order valence-corrected chi connectivity index (χ0v) is 13.5. The average molecular weight is 307 g/mol. The van der Waals surface area contributed by atoms with Gasteiger partial charge in [0.25, 0.3) is 5.91 Å². The topological polar surface area (TPSA) is 85.8 Å². The van der Waals surface area contributed by atoms with Crippen LogP contribution in [-0.2, 0) is 4.79 Å². The predicted octanol–water partition coefficient (Wildman–Crippen LogP) is 0.280. The van der Waals surface area contributed by atoms with Crippen LogP contribution in [-0.4, -0.2) is 54.5 Å². The van der Waals surface area contributed by atoms with Crippen molar-refractivity contribution in [1.82, 2.24) is 20.9 Å². The first-order chi connectivity index (χ1) is 10.4. The number of piperidine rings is 1. The van der Waals surface area contributed by atoms with Gasteiger partial charge in [0.1, 0.15) is 5.54 Å². The summed E-state index contributed by atoms with van der Waals surface area (Å²) in [7, 11) is 1.81. The number of aliphatic imine (C=N–C) groups is 1. The van der Waals surface area contributed by atoms with Gasteiger partial charge in [-0.05, 0) is 38.0 Å². The number of hydrogen-bond acceptors (Lipinski definition) is 3. The molecule has 2 saturated heterocycles. The van der Waals surface area contributed by atoms with Gasteiger partial charge in [0, 0.05) is 26.2 Å². The fourth-order valence-electron chi connectivity index (χ4n) is 3.50. The predicted molar refractivity (Wildman–Crippen MR) is 83.4 cm³/mol. The summed E-state index contributed by atoms with van der Waals surface area (Å²) in [6.07, 6.45) is 2.94. The van der Waals surface area contributed by atoms with E-state index in [4.69, 9.17) is 0 Å². The molecule has 0 aromatic rings. The lowest BCUT2D eigenvalue weighted by atomic mass is 9.79. The minimum atomic E-state index is -0.773. The summed E-state index contributed by atoms with van der Waals surface area (Å²) < 4.78 is 0. The maximum absolute atomic E-state index is 12.0. The fraction of sp³-hybridized carbons (Fsp3) is 0.800. The summed E-state index contributed by atoms with van der Waals surface area (Å²) in [5, 5.41) is 8.64. The van der Waals surface area contributed by atoms with E-state index in [0.717, 1.165) is 37.8 Å². The monoisotopic (exact) mass is 307 g/mol. The Kier molecular flexibility index (Phi) is 3.74. The summed E-state index contributed by atoms with van der Waals surface area (Å²) in [5.74, 6) is 1.64. The van der Waals surface area contributed by atoms with E-state index in [0.29, 0.717) is 6.04 Å². The molecule has 7 heteroatoms. The molecule has 0 spiro atoms. The zero-order valence-electron chi connectivity index (χ0n) is 13.5. The molecular formula is C15H25N5O2. The van der Waals surface area contributed by atoms with Crippen molar-refractivity contribution in [2.75, 3.05) is 20.1 Å². The quantitative estimate of drug-likeness (QED) is 0.389. The standard InChI is InChI=1S/C15H25N5O2/c1-9-8-11(9)17-13(16-3)20-6-4-10(5-7-20)15(2)12(21)18-14(22)19-15/h9-11H,4-8H2,1-3H3,(H,16,17)(H2,18,19,21,22). The third-order valence-corrected chi connectivity index (χ3v) is 5.32. The van der Waals surface area contributed by atoms with Gasteiger partial charge in [-0.1, -0.05) is 6.92 Å². The molecule has 2 heterocycles. The van der Waals surface area contributed by atoms with E-state index in [2.05, 4.69) is 32.8 Å². The number of likely N-dealkylation sites (tertiary alicyclic amines) is 1. The maximum atomic E-state index is 12.0. The van der Waals surface area contributed by atoms with Gasteiger partial charge >= 0.3 is 6.03 Å². The third-order valence-electron chi connectivity index (χ3n) is 5.32. The van der Waals surface area contributed by atoms with E-state index in [9.17, 15) is 9.59 Å². The molecule has 1 saturated carbocycles. The number of carbonyl (C=O) groups is 2. The van der Waals surface area contributed by atoms with Gasteiger partial charge in [0.05, 0.1) is 0 Å². The lowest BCUT2D eigenvalue weighted by molar-refractivity contribution is -0.125. The van der Waals surface area contributed by atoms with Gasteiger partial charge < -0.3 is 15.5 Å². The summed E-state index contributed by atoms with van der Waals surface area (Å²) in [4.78, 5) is 30.1. The highest BCUT2D eigenvalue weighted by Gasteiger charge is 2.48. The number of rotatable bonds is 2. The van der Waals surface area contributed by atoms with Crippen LogP contribution >= 0.6 is 0 Å². The number of carbonyl (C=O) groups excluding carboxylic acids is 2. The Morgan fingerprint density at radius 1 is 1.36 bits per heavy atom. The molecule has 3 fully saturated rings. The summed E-state index contributed by atoms with van der Waals surface area (Å²) in [5.41, 5.74) is -0.773. The molecule has 0 radical (unpaired) electrons. The molecule has 22 heavy (non-hydrogen) atoms. The minimum Gasteiger partial charge on any atom is -0.353 e. The van der Waals surface area contributed by atoms with Crippen LogP contribution < -0.4 is 16.0 Å². The van der Waals surface area contributed by atoms with Gasteiger partial charge in [-0.2, -0.15) is 0 Å². The normalized spacial score (nSPS) is 36.1. The van der Waals surface area contributed by atoms with E-state index in [-0.39, 0.29) is 17.9 Å². The van der Waals surface area contributed by atoms with E-state index in [1.807, 2.05) is 14.0 Å². The van der Waals surface area contributed by atoms with Crippen LogP contribution in [0.4, 0.5) is 4.79 Å². The number of nitrogens with zero attached hydrogens (tertiary/aromatic N) is 2. The number of nitrogens with one attached hydrogen (secondary N) is 3. The van der Waals surface area contributed by atoms with Crippen LogP contribution in [0, 0.1) is 11.8 Å². The van der Waals surface area contributed by atoms with Gasteiger partial charge in [-0.15, -0.1) is 0 Å². The lowest BCUT2D eigenvalue weighted by Gasteiger charge is -2.39. The molecule has 0 bridgehead atoms. The molecule has 2 aliphatic heterocycles. The Hall–Kier alpha value is -1.79. The first-order valence-electron chi connectivity index (χ1n) is 8.06. The van der Waals surface area contributed by atoms with Crippen molar-refractivity contribution in [3.63, 3.8) is 0 Å². The molecule has 0 aromatic carbocycles. The second kappa shape index (κ2) is 5.44. The van der Waals surface area contributed by atoms with Crippen molar-refractivity contribution < 1.29 is 9.59 Å². The smallest absolute Gasteiger partial charge is 0.322 e. The minimum absolute atomic E-state index is 0.160. The van der Waals surface area contributed by atoms with Gasteiger partial charge in [-0.25, -0.2) is 4.79 Å². The van der Waals surface area contributed by atoms with Crippen LogP contribution in [0.3, 0.4) is 0 Å². The van der Waals surface area contributed by atoms with Gasteiger partial charge in [0.2, 0.25) is 0 Å². The lowest BCUT2D eigenvalue weighted by Crippen LogP contribution is -2.55.